The predicted octanol–water partition coefficient (Wildman–Crippen LogP) is 2.90. The summed E-state index contributed by atoms with van der Waals surface area (Å²) in [7, 11) is 1.78. The minimum Gasteiger partial charge on any atom is -0.496 e. The lowest BCUT2D eigenvalue weighted by molar-refractivity contribution is 0.153. The Morgan fingerprint density at radius 3 is 2.40 bits per heavy atom. The average molecular weight is 319 g/mol. The van der Waals surface area contributed by atoms with Crippen molar-refractivity contribution in [2.45, 2.75) is 18.9 Å². The van der Waals surface area contributed by atoms with Gasteiger partial charge < -0.3 is 10.1 Å². The quantitative estimate of drug-likeness (QED) is 0.923. The van der Waals surface area contributed by atoms with Crippen molar-refractivity contribution in [2.24, 2.45) is 5.92 Å². The lowest BCUT2D eigenvalue weighted by Crippen LogP contribution is -2.45. The van der Waals surface area contributed by atoms with Gasteiger partial charge in [-0.3, -0.25) is 4.90 Å². The fraction of sp³-hybridized carbons (Fsp3) is 0.600. The molecule has 0 amide bonds. The van der Waals surface area contributed by atoms with Gasteiger partial charge in [0.05, 0.1) is 7.11 Å². The molecule has 1 aliphatic heterocycles. The number of nitrogens with one attached hydrogen (secondary N) is 1. The number of halogens is 2. The molecule has 0 unspecified atom stereocenters. The first-order valence-corrected chi connectivity index (χ1v) is 6.98. The van der Waals surface area contributed by atoms with Crippen LogP contribution in [0, 0.1) is 5.92 Å². The summed E-state index contributed by atoms with van der Waals surface area (Å²) in [4.78, 5) is 2.63. The van der Waals surface area contributed by atoms with E-state index in [1.165, 1.54) is 18.4 Å². The third-order valence-corrected chi connectivity index (χ3v) is 4.07. The van der Waals surface area contributed by atoms with Crippen LogP contribution in [0.5, 0.6) is 5.75 Å². The number of rotatable bonds is 4. The number of para-hydroxylation sites is 1. The molecule has 5 heteroatoms. The highest BCUT2D eigenvalue weighted by atomic mass is 35.5. The molecule has 1 N–H and O–H groups in total. The molecule has 1 aliphatic carbocycles. The first-order chi connectivity index (χ1) is 8.90. The lowest BCUT2D eigenvalue weighted by Gasteiger charge is -2.36. The molecule has 0 bridgehead atoms. The largest absolute Gasteiger partial charge is 0.496 e. The van der Waals surface area contributed by atoms with Crippen molar-refractivity contribution in [2.75, 3.05) is 33.3 Å². The maximum absolute atomic E-state index is 5.55. The highest BCUT2D eigenvalue weighted by Crippen LogP contribution is 2.46. The Labute approximate surface area is 133 Å². The van der Waals surface area contributed by atoms with Gasteiger partial charge in [-0.1, -0.05) is 18.2 Å². The fourth-order valence-corrected chi connectivity index (χ4v) is 3.03. The zero-order chi connectivity index (χ0) is 12.4. The molecular formula is C15H24Cl2N2O. The predicted molar refractivity (Wildman–Crippen MR) is 87.4 cm³/mol. The second-order valence-corrected chi connectivity index (χ2v) is 5.31. The van der Waals surface area contributed by atoms with E-state index >= 15 is 0 Å². The smallest absolute Gasteiger partial charge is 0.123 e. The SMILES string of the molecule is COc1ccccc1[C@@H](C1CC1)N1CCNCC1.Cl.Cl. The van der Waals surface area contributed by atoms with Crippen LogP contribution in [0.15, 0.2) is 24.3 Å². The van der Waals surface area contributed by atoms with Gasteiger partial charge in [0.15, 0.2) is 0 Å². The van der Waals surface area contributed by atoms with E-state index in [9.17, 15) is 0 Å². The van der Waals surface area contributed by atoms with Crippen LogP contribution >= 0.6 is 24.8 Å². The monoisotopic (exact) mass is 318 g/mol. The molecule has 0 radical (unpaired) electrons. The van der Waals surface area contributed by atoms with Gasteiger partial charge in [-0.05, 0) is 24.8 Å². The molecule has 0 aromatic heterocycles. The van der Waals surface area contributed by atoms with E-state index in [2.05, 4.69) is 34.5 Å². The average Bonchev–Trinajstić information content (AvgIpc) is 3.26. The van der Waals surface area contributed by atoms with Crippen molar-refractivity contribution >= 4 is 24.8 Å². The summed E-state index contributed by atoms with van der Waals surface area (Å²) in [6, 6.07) is 9.08. The van der Waals surface area contributed by atoms with Crippen molar-refractivity contribution < 1.29 is 4.74 Å². The topological polar surface area (TPSA) is 24.5 Å². The fourth-order valence-electron chi connectivity index (χ4n) is 3.03. The second-order valence-electron chi connectivity index (χ2n) is 5.31. The molecule has 3 rings (SSSR count). The third-order valence-electron chi connectivity index (χ3n) is 4.07. The summed E-state index contributed by atoms with van der Waals surface area (Å²) in [6.07, 6.45) is 2.74. The summed E-state index contributed by atoms with van der Waals surface area (Å²) in [6.45, 7) is 4.52. The van der Waals surface area contributed by atoms with Crippen LogP contribution in [0.2, 0.25) is 0 Å². The van der Waals surface area contributed by atoms with Crippen molar-refractivity contribution in [3.05, 3.63) is 29.8 Å². The third kappa shape index (κ3) is 3.79. The molecule has 1 saturated heterocycles. The minimum atomic E-state index is 0. The van der Waals surface area contributed by atoms with Gasteiger partial charge in [-0.15, -0.1) is 24.8 Å². The minimum absolute atomic E-state index is 0. The van der Waals surface area contributed by atoms with Crippen LogP contribution in [0.3, 0.4) is 0 Å². The zero-order valence-electron chi connectivity index (χ0n) is 11.9. The second kappa shape index (κ2) is 8.08. The maximum Gasteiger partial charge on any atom is 0.123 e. The summed E-state index contributed by atoms with van der Waals surface area (Å²) in [5.74, 6) is 1.88. The van der Waals surface area contributed by atoms with Crippen LogP contribution in [0.25, 0.3) is 0 Å². The first-order valence-electron chi connectivity index (χ1n) is 6.98. The van der Waals surface area contributed by atoms with Gasteiger partial charge in [0, 0.05) is 37.8 Å². The molecule has 1 heterocycles. The number of piperazine rings is 1. The first kappa shape index (κ1) is 17.6. The Hall–Kier alpha value is -0.480. The van der Waals surface area contributed by atoms with E-state index in [0.29, 0.717) is 6.04 Å². The summed E-state index contributed by atoms with van der Waals surface area (Å²) in [5, 5.41) is 3.44. The van der Waals surface area contributed by atoms with Crippen LogP contribution in [-0.4, -0.2) is 38.2 Å². The molecule has 2 fully saturated rings. The van der Waals surface area contributed by atoms with Gasteiger partial charge in [0.2, 0.25) is 0 Å². The van der Waals surface area contributed by atoms with Crippen LogP contribution in [0.4, 0.5) is 0 Å². The molecular weight excluding hydrogens is 295 g/mol. The highest BCUT2D eigenvalue weighted by Gasteiger charge is 2.37. The molecule has 1 aromatic carbocycles. The van der Waals surface area contributed by atoms with Crippen LogP contribution in [-0.2, 0) is 0 Å². The van der Waals surface area contributed by atoms with Gasteiger partial charge in [0.1, 0.15) is 5.75 Å². The van der Waals surface area contributed by atoms with E-state index in [4.69, 9.17) is 4.74 Å². The number of hydrogen-bond donors (Lipinski definition) is 1. The number of benzene rings is 1. The number of hydrogen-bond acceptors (Lipinski definition) is 3. The molecule has 20 heavy (non-hydrogen) atoms. The normalized spacial score (nSPS) is 20.4. The molecule has 1 aromatic rings. The van der Waals surface area contributed by atoms with Gasteiger partial charge in [-0.25, -0.2) is 0 Å². The van der Waals surface area contributed by atoms with E-state index in [1.54, 1.807) is 7.11 Å². The Kier molecular flexibility index (Phi) is 7.10. The highest BCUT2D eigenvalue weighted by molar-refractivity contribution is 5.85. The van der Waals surface area contributed by atoms with Gasteiger partial charge >= 0.3 is 0 Å². The van der Waals surface area contributed by atoms with Crippen molar-refractivity contribution in [3.8, 4) is 5.75 Å². The molecule has 2 aliphatic rings. The van der Waals surface area contributed by atoms with E-state index in [-0.39, 0.29) is 24.8 Å². The summed E-state index contributed by atoms with van der Waals surface area (Å²) >= 11 is 0. The van der Waals surface area contributed by atoms with E-state index in [1.807, 2.05) is 0 Å². The van der Waals surface area contributed by atoms with Gasteiger partial charge in [-0.2, -0.15) is 0 Å². The van der Waals surface area contributed by atoms with Gasteiger partial charge in [0.25, 0.3) is 0 Å². The van der Waals surface area contributed by atoms with E-state index < -0.39 is 0 Å². The van der Waals surface area contributed by atoms with E-state index in [0.717, 1.165) is 37.8 Å². The van der Waals surface area contributed by atoms with Crippen molar-refractivity contribution in [1.29, 1.82) is 0 Å². The molecule has 3 nitrogen and oxygen atoms in total. The van der Waals surface area contributed by atoms with Crippen molar-refractivity contribution in [3.63, 3.8) is 0 Å². The number of nitrogens with zero attached hydrogens (tertiary/aromatic N) is 1. The Morgan fingerprint density at radius 2 is 1.80 bits per heavy atom. The number of ether oxygens (including phenoxy) is 1. The molecule has 1 atom stereocenters. The van der Waals surface area contributed by atoms with Crippen LogP contribution in [0.1, 0.15) is 24.4 Å². The summed E-state index contributed by atoms with van der Waals surface area (Å²) in [5.41, 5.74) is 1.38. The Balaban J connectivity index is 0.000001000. The van der Waals surface area contributed by atoms with Crippen molar-refractivity contribution in [1.82, 2.24) is 10.2 Å². The number of methoxy groups -OCH3 is 1. The maximum atomic E-state index is 5.55. The Morgan fingerprint density at radius 1 is 1.15 bits per heavy atom. The molecule has 1 saturated carbocycles. The molecule has 0 spiro atoms. The standard InChI is InChI=1S/C15H22N2O.2ClH/c1-18-14-5-3-2-4-13(14)15(12-6-7-12)17-10-8-16-9-11-17;;/h2-5,12,15-16H,6-11H2,1H3;2*1H/t15-;;/m1../s1. The lowest BCUT2D eigenvalue weighted by atomic mass is 9.99. The Bertz CT molecular complexity index is 407. The van der Waals surface area contributed by atoms with Crippen LogP contribution < -0.4 is 10.1 Å². The zero-order valence-corrected chi connectivity index (χ0v) is 13.5. The molecule has 114 valence electrons. The summed E-state index contributed by atoms with van der Waals surface area (Å²) < 4.78 is 5.55.